The first-order valence-corrected chi connectivity index (χ1v) is 5.32. The van der Waals surface area contributed by atoms with Crippen LogP contribution in [0.25, 0.3) is 0 Å². The van der Waals surface area contributed by atoms with E-state index in [4.69, 9.17) is 5.26 Å². The van der Waals surface area contributed by atoms with E-state index in [1.54, 1.807) is 26.4 Å². The van der Waals surface area contributed by atoms with Crippen LogP contribution in [0.3, 0.4) is 0 Å². The third kappa shape index (κ3) is 3.45. The summed E-state index contributed by atoms with van der Waals surface area (Å²) >= 11 is 0. The molecule has 0 N–H and O–H groups in total. The van der Waals surface area contributed by atoms with E-state index in [0.29, 0.717) is 18.7 Å². The van der Waals surface area contributed by atoms with E-state index >= 15 is 0 Å². The predicted octanol–water partition coefficient (Wildman–Crippen LogP) is 1.13. The van der Waals surface area contributed by atoms with Crippen LogP contribution in [-0.2, 0) is 0 Å². The zero-order valence-electron chi connectivity index (χ0n) is 10.3. The standard InChI is InChI=1S/C12H16N4O/c1-15(2)12(17)11-9-10(5-7-14-11)16(3)8-4-6-13/h5,7,9H,4,8H2,1-3H3. The highest BCUT2D eigenvalue weighted by molar-refractivity contribution is 5.92. The highest BCUT2D eigenvalue weighted by Crippen LogP contribution is 2.13. The third-order valence-electron chi connectivity index (χ3n) is 2.37. The highest BCUT2D eigenvalue weighted by atomic mass is 16.2. The molecule has 0 atom stereocenters. The van der Waals surface area contributed by atoms with Crippen molar-refractivity contribution in [2.75, 3.05) is 32.6 Å². The molecule has 0 bridgehead atoms. The minimum absolute atomic E-state index is 0.125. The Balaban J connectivity index is 2.86. The van der Waals surface area contributed by atoms with Crippen LogP contribution >= 0.6 is 0 Å². The lowest BCUT2D eigenvalue weighted by atomic mass is 10.2. The van der Waals surface area contributed by atoms with E-state index in [9.17, 15) is 4.79 Å². The molecule has 1 aromatic heterocycles. The Labute approximate surface area is 101 Å². The summed E-state index contributed by atoms with van der Waals surface area (Å²) in [4.78, 5) is 19.2. The fraction of sp³-hybridized carbons (Fsp3) is 0.417. The summed E-state index contributed by atoms with van der Waals surface area (Å²) in [6.45, 7) is 0.635. The molecule has 0 fully saturated rings. The van der Waals surface area contributed by atoms with Gasteiger partial charge in [-0.3, -0.25) is 9.78 Å². The van der Waals surface area contributed by atoms with Gasteiger partial charge in [0.25, 0.3) is 5.91 Å². The number of pyridine rings is 1. The van der Waals surface area contributed by atoms with Crippen LogP contribution in [0.2, 0.25) is 0 Å². The van der Waals surface area contributed by atoms with Crippen molar-refractivity contribution in [3.63, 3.8) is 0 Å². The smallest absolute Gasteiger partial charge is 0.272 e. The molecule has 0 saturated carbocycles. The van der Waals surface area contributed by atoms with Gasteiger partial charge in [0.2, 0.25) is 0 Å². The molecule has 0 spiro atoms. The minimum Gasteiger partial charge on any atom is -0.373 e. The maximum Gasteiger partial charge on any atom is 0.272 e. The Morgan fingerprint density at radius 1 is 1.47 bits per heavy atom. The summed E-state index contributed by atoms with van der Waals surface area (Å²) in [5.74, 6) is -0.125. The second-order valence-corrected chi connectivity index (χ2v) is 3.93. The predicted molar refractivity (Wildman–Crippen MR) is 65.8 cm³/mol. The topological polar surface area (TPSA) is 60.2 Å². The summed E-state index contributed by atoms with van der Waals surface area (Å²) < 4.78 is 0. The number of nitrogens with zero attached hydrogens (tertiary/aromatic N) is 4. The molecule has 5 heteroatoms. The first-order valence-electron chi connectivity index (χ1n) is 5.32. The lowest BCUT2D eigenvalue weighted by Crippen LogP contribution is -2.24. The van der Waals surface area contributed by atoms with Crippen LogP contribution in [-0.4, -0.2) is 43.5 Å². The zero-order chi connectivity index (χ0) is 12.8. The van der Waals surface area contributed by atoms with Gasteiger partial charge in [0.1, 0.15) is 5.69 Å². The molecule has 0 aliphatic rings. The number of aromatic nitrogens is 1. The number of carbonyl (C=O) groups is 1. The van der Waals surface area contributed by atoms with Gasteiger partial charge in [0.15, 0.2) is 0 Å². The molecule has 1 rings (SSSR count). The summed E-state index contributed by atoms with van der Waals surface area (Å²) in [6, 6.07) is 5.65. The SMILES string of the molecule is CN(C)C(=O)c1cc(N(C)CCC#N)ccn1. The molecule has 0 saturated heterocycles. The molecule has 0 unspecified atom stereocenters. The van der Waals surface area contributed by atoms with Gasteiger partial charge in [-0.25, -0.2) is 0 Å². The number of carbonyl (C=O) groups excluding carboxylic acids is 1. The van der Waals surface area contributed by atoms with Gasteiger partial charge in [-0.15, -0.1) is 0 Å². The van der Waals surface area contributed by atoms with Crippen molar-refractivity contribution < 1.29 is 4.79 Å². The molecule has 0 radical (unpaired) electrons. The quantitative estimate of drug-likeness (QED) is 0.781. The van der Waals surface area contributed by atoms with Gasteiger partial charge in [-0.1, -0.05) is 0 Å². The molecule has 0 aliphatic carbocycles. The van der Waals surface area contributed by atoms with Crippen LogP contribution in [0.15, 0.2) is 18.3 Å². The van der Waals surface area contributed by atoms with Crippen molar-refractivity contribution in [2.45, 2.75) is 6.42 Å². The molecule has 0 aliphatic heterocycles. The second-order valence-electron chi connectivity index (χ2n) is 3.93. The van der Waals surface area contributed by atoms with Gasteiger partial charge in [0.05, 0.1) is 12.5 Å². The third-order valence-corrected chi connectivity index (χ3v) is 2.37. The van der Waals surface area contributed by atoms with Crippen LogP contribution in [0.4, 0.5) is 5.69 Å². The van der Waals surface area contributed by atoms with Gasteiger partial charge < -0.3 is 9.80 Å². The van der Waals surface area contributed by atoms with Crippen molar-refractivity contribution in [3.8, 4) is 6.07 Å². The van der Waals surface area contributed by atoms with E-state index < -0.39 is 0 Å². The Morgan fingerprint density at radius 2 is 2.18 bits per heavy atom. The molecular formula is C12H16N4O. The summed E-state index contributed by atoms with van der Waals surface area (Å²) in [7, 11) is 5.27. The number of rotatable bonds is 4. The molecule has 0 aromatic carbocycles. The Bertz CT molecular complexity index is 436. The van der Waals surface area contributed by atoms with Crippen LogP contribution < -0.4 is 4.90 Å². The molecule has 5 nitrogen and oxygen atoms in total. The largest absolute Gasteiger partial charge is 0.373 e. The van der Waals surface area contributed by atoms with Gasteiger partial charge in [0, 0.05) is 39.6 Å². The van der Waals surface area contributed by atoms with Crippen molar-refractivity contribution in [3.05, 3.63) is 24.0 Å². The Hall–Kier alpha value is -2.09. The summed E-state index contributed by atoms with van der Waals surface area (Å²) in [6.07, 6.45) is 2.06. The number of nitriles is 1. The van der Waals surface area contributed by atoms with E-state index in [1.807, 2.05) is 18.0 Å². The zero-order valence-corrected chi connectivity index (χ0v) is 10.3. The van der Waals surface area contributed by atoms with Gasteiger partial charge in [-0.05, 0) is 12.1 Å². The number of anilines is 1. The second kappa shape index (κ2) is 5.85. The lowest BCUT2D eigenvalue weighted by Gasteiger charge is -2.18. The average molecular weight is 232 g/mol. The Kier molecular flexibility index (Phi) is 4.46. The molecule has 17 heavy (non-hydrogen) atoms. The highest BCUT2D eigenvalue weighted by Gasteiger charge is 2.11. The van der Waals surface area contributed by atoms with Crippen LogP contribution in [0.1, 0.15) is 16.9 Å². The number of hydrogen-bond acceptors (Lipinski definition) is 4. The summed E-state index contributed by atoms with van der Waals surface area (Å²) in [5.41, 5.74) is 1.30. The molecule has 1 aromatic rings. The first-order chi connectivity index (χ1) is 8.06. The van der Waals surface area contributed by atoms with E-state index in [-0.39, 0.29) is 5.91 Å². The molecular weight excluding hydrogens is 216 g/mol. The van der Waals surface area contributed by atoms with E-state index in [0.717, 1.165) is 5.69 Å². The van der Waals surface area contributed by atoms with E-state index in [2.05, 4.69) is 11.1 Å². The van der Waals surface area contributed by atoms with Gasteiger partial charge >= 0.3 is 0 Å². The molecule has 90 valence electrons. The van der Waals surface area contributed by atoms with E-state index in [1.165, 1.54) is 4.90 Å². The number of hydrogen-bond donors (Lipinski definition) is 0. The molecule has 1 heterocycles. The molecule has 1 amide bonds. The van der Waals surface area contributed by atoms with Crippen molar-refractivity contribution in [1.29, 1.82) is 5.26 Å². The monoisotopic (exact) mass is 232 g/mol. The fourth-order valence-corrected chi connectivity index (χ4v) is 1.35. The van der Waals surface area contributed by atoms with Crippen molar-refractivity contribution in [1.82, 2.24) is 9.88 Å². The summed E-state index contributed by atoms with van der Waals surface area (Å²) in [5, 5.41) is 8.53. The van der Waals surface area contributed by atoms with Crippen molar-refractivity contribution in [2.24, 2.45) is 0 Å². The fourth-order valence-electron chi connectivity index (χ4n) is 1.35. The number of amides is 1. The Morgan fingerprint density at radius 3 is 2.76 bits per heavy atom. The maximum absolute atomic E-state index is 11.7. The lowest BCUT2D eigenvalue weighted by molar-refractivity contribution is 0.0822. The van der Waals surface area contributed by atoms with Gasteiger partial charge in [-0.2, -0.15) is 5.26 Å². The van der Waals surface area contributed by atoms with Crippen molar-refractivity contribution >= 4 is 11.6 Å². The maximum atomic E-state index is 11.7. The first kappa shape index (κ1) is 13.0. The normalized spacial score (nSPS) is 9.53. The average Bonchev–Trinajstić information content (AvgIpc) is 2.35. The van der Waals surface area contributed by atoms with Crippen LogP contribution in [0.5, 0.6) is 0 Å². The van der Waals surface area contributed by atoms with Crippen LogP contribution in [0, 0.1) is 11.3 Å². The minimum atomic E-state index is -0.125.